The minimum absolute atomic E-state index is 0. The van der Waals surface area contributed by atoms with E-state index in [4.69, 9.17) is 11.6 Å². The molecule has 0 rings (SSSR count). The van der Waals surface area contributed by atoms with Gasteiger partial charge in [0.15, 0.2) is 0 Å². The van der Waals surface area contributed by atoms with Crippen LogP contribution in [-0.2, 0) is 21.7 Å². The summed E-state index contributed by atoms with van der Waals surface area (Å²) in [6.45, 7) is 1.99. The molecule has 0 aliphatic rings. The van der Waals surface area contributed by atoms with E-state index >= 15 is 0 Å². The number of rotatable bonds is 1. The smallest absolute Gasteiger partial charge is 0 e. The van der Waals surface area contributed by atoms with Gasteiger partial charge < -0.3 is 11.6 Å². The van der Waals surface area contributed by atoms with Crippen molar-refractivity contribution in [1.29, 1.82) is 0 Å². The fourth-order valence-electron chi connectivity index (χ4n) is 0. The SMILES string of the molecule is CC[CH-]Cl.[Ti]. The maximum Gasteiger partial charge on any atom is 0 e. The summed E-state index contributed by atoms with van der Waals surface area (Å²) in [5, 5.41) is 0. The summed E-state index contributed by atoms with van der Waals surface area (Å²) >= 11 is 5.06. The van der Waals surface area contributed by atoms with Gasteiger partial charge >= 0.3 is 0 Å². The summed E-state index contributed by atoms with van der Waals surface area (Å²) in [4.78, 5) is 0. The number of hydrogen-bond donors (Lipinski definition) is 0. The Morgan fingerprint density at radius 3 is 2.00 bits per heavy atom. The van der Waals surface area contributed by atoms with E-state index in [1.165, 1.54) is 0 Å². The maximum atomic E-state index is 5.06. The van der Waals surface area contributed by atoms with E-state index in [1.54, 1.807) is 5.88 Å². The average molecular weight is 125 g/mol. The molecule has 0 nitrogen and oxygen atoms in total. The second kappa shape index (κ2) is 8.89. The Labute approximate surface area is 52.8 Å². The number of halogens is 1. The zero-order valence-corrected chi connectivity index (χ0v) is 5.48. The first-order chi connectivity index (χ1) is 1.91. The molecule has 2 heteroatoms. The van der Waals surface area contributed by atoms with Crippen LogP contribution in [0, 0.1) is 5.88 Å². The van der Waals surface area contributed by atoms with Crippen molar-refractivity contribution in [2.24, 2.45) is 0 Å². The fourth-order valence-corrected chi connectivity index (χ4v) is 0. The Balaban J connectivity index is 0. The summed E-state index contributed by atoms with van der Waals surface area (Å²) in [6, 6.07) is 0. The van der Waals surface area contributed by atoms with Gasteiger partial charge in [0.2, 0.25) is 0 Å². The van der Waals surface area contributed by atoms with Gasteiger partial charge in [-0.15, -0.1) is 0 Å². The van der Waals surface area contributed by atoms with Crippen molar-refractivity contribution in [3.05, 3.63) is 5.88 Å². The van der Waals surface area contributed by atoms with Gasteiger partial charge in [-0.2, -0.15) is 6.42 Å². The van der Waals surface area contributed by atoms with Gasteiger partial charge in [-0.1, -0.05) is 6.92 Å². The predicted octanol–water partition coefficient (Wildman–Crippen LogP) is 1.79. The first-order valence-corrected chi connectivity index (χ1v) is 1.77. The van der Waals surface area contributed by atoms with Crippen molar-refractivity contribution in [3.63, 3.8) is 0 Å². The van der Waals surface area contributed by atoms with Crippen molar-refractivity contribution in [2.45, 2.75) is 13.3 Å². The molecule has 0 N–H and O–H groups in total. The van der Waals surface area contributed by atoms with Gasteiger partial charge in [-0.05, 0) is 0 Å². The summed E-state index contributed by atoms with van der Waals surface area (Å²) in [7, 11) is 0. The second-order valence-corrected chi connectivity index (χ2v) is 0.871. The van der Waals surface area contributed by atoms with Crippen molar-refractivity contribution in [2.75, 3.05) is 0 Å². The van der Waals surface area contributed by atoms with Crippen LogP contribution in [0.4, 0.5) is 0 Å². The van der Waals surface area contributed by atoms with E-state index in [0.29, 0.717) is 0 Å². The molecule has 0 aromatic carbocycles. The van der Waals surface area contributed by atoms with Crippen LogP contribution in [0.25, 0.3) is 0 Å². The zero-order chi connectivity index (χ0) is 3.41. The van der Waals surface area contributed by atoms with Gasteiger partial charge in [0.25, 0.3) is 0 Å². The monoisotopic (exact) mass is 125 g/mol. The molecule has 0 saturated carbocycles. The van der Waals surface area contributed by atoms with E-state index in [9.17, 15) is 0 Å². The van der Waals surface area contributed by atoms with Crippen molar-refractivity contribution < 1.29 is 21.7 Å². The Morgan fingerprint density at radius 1 is 1.80 bits per heavy atom. The molecule has 0 spiro atoms. The standard InChI is InChI=1S/C3H6Cl.Ti/c1-2-3-4;/h3H,2H2,1H3;/q-1;. The van der Waals surface area contributed by atoms with Gasteiger partial charge in [-0.25, -0.2) is 5.88 Å². The molecule has 30 valence electrons. The molecule has 0 heterocycles. The quantitative estimate of drug-likeness (QED) is 0.370. The predicted molar refractivity (Wildman–Crippen MR) is 20.4 cm³/mol. The van der Waals surface area contributed by atoms with Gasteiger partial charge in [0.1, 0.15) is 0 Å². The second-order valence-electron chi connectivity index (χ2n) is 0.563. The third-order valence-electron chi connectivity index (χ3n) is 0.154. The Hall–Kier alpha value is 1.00. The van der Waals surface area contributed by atoms with Crippen molar-refractivity contribution >= 4 is 11.6 Å². The van der Waals surface area contributed by atoms with Crippen LogP contribution in [-0.4, -0.2) is 0 Å². The molecular weight excluding hydrogens is 119 g/mol. The van der Waals surface area contributed by atoms with Gasteiger partial charge in [0.05, 0.1) is 0 Å². The summed E-state index contributed by atoms with van der Waals surface area (Å²) < 4.78 is 0. The van der Waals surface area contributed by atoms with Gasteiger partial charge in [-0.3, -0.25) is 0 Å². The normalized spacial score (nSPS) is 6.00. The van der Waals surface area contributed by atoms with Crippen molar-refractivity contribution in [3.8, 4) is 0 Å². The van der Waals surface area contributed by atoms with E-state index in [2.05, 4.69) is 0 Å². The molecule has 0 fully saturated rings. The Morgan fingerprint density at radius 2 is 2.00 bits per heavy atom. The maximum absolute atomic E-state index is 5.06. The molecule has 0 saturated heterocycles. The molecule has 0 amide bonds. The van der Waals surface area contributed by atoms with E-state index < -0.39 is 0 Å². The Bertz CT molecular complexity index is 8.85. The van der Waals surface area contributed by atoms with Crippen LogP contribution in [0.1, 0.15) is 13.3 Å². The minimum atomic E-state index is 0. The van der Waals surface area contributed by atoms with Crippen LogP contribution < -0.4 is 0 Å². The first kappa shape index (κ1) is 9.38. The van der Waals surface area contributed by atoms with Crippen LogP contribution >= 0.6 is 11.6 Å². The Kier molecular flexibility index (Phi) is 16.7. The third-order valence-corrected chi connectivity index (χ3v) is 0.463. The molecule has 0 aromatic heterocycles. The molecule has 0 atom stereocenters. The van der Waals surface area contributed by atoms with Crippen LogP contribution in [0.3, 0.4) is 0 Å². The third kappa shape index (κ3) is 11.2. The topological polar surface area (TPSA) is 0 Å². The van der Waals surface area contributed by atoms with E-state index in [-0.39, 0.29) is 21.7 Å². The first-order valence-electron chi connectivity index (χ1n) is 1.33. The molecule has 0 aliphatic carbocycles. The van der Waals surface area contributed by atoms with E-state index in [1.807, 2.05) is 6.92 Å². The zero-order valence-electron chi connectivity index (χ0n) is 3.16. The van der Waals surface area contributed by atoms with Gasteiger partial charge in [0, 0.05) is 21.7 Å². The largest absolute Gasteiger partial charge is 0.349 e. The summed E-state index contributed by atoms with van der Waals surface area (Å²) in [5.74, 6) is 1.60. The fraction of sp³-hybridized carbons (Fsp3) is 0.667. The molecule has 0 unspecified atom stereocenters. The molecule has 0 aliphatic heterocycles. The van der Waals surface area contributed by atoms with E-state index in [0.717, 1.165) is 6.42 Å². The average Bonchev–Trinajstić information content (AvgIpc) is 1.37. The minimum Gasteiger partial charge on any atom is -0.349 e. The molecule has 0 bridgehead atoms. The van der Waals surface area contributed by atoms with Crippen LogP contribution in [0.5, 0.6) is 0 Å². The molecule has 0 radical (unpaired) electrons. The summed E-state index contributed by atoms with van der Waals surface area (Å²) in [6.07, 6.45) is 0.960. The van der Waals surface area contributed by atoms with Crippen LogP contribution in [0.15, 0.2) is 0 Å². The van der Waals surface area contributed by atoms with Crippen molar-refractivity contribution in [1.82, 2.24) is 0 Å². The number of hydrogen-bond acceptors (Lipinski definition) is 0. The van der Waals surface area contributed by atoms with Crippen LogP contribution in [0.2, 0.25) is 0 Å². The molecule has 5 heavy (non-hydrogen) atoms. The molecule has 0 aromatic rings. The summed E-state index contributed by atoms with van der Waals surface area (Å²) in [5.41, 5.74) is 0. The molecular formula is C3H6ClTi-.